The Labute approximate surface area is 161 Å². The molecule has 1 N–H and O–H groups in total. The minimum absolute atomic E-state index is 0.0276. The number of aromatic nitrogens is 1. The Morgan fingerprint density at radius 1 is 1.00 bits per heavy atom. The smallest absolute Gasteiger partial charge is 0.0722 e. The number of aryl methyl sites for hydroxylation is 1. The van der Waals surface area contributed by atoms with E-state index in [4.69, 9.17) is 0 Å². The lowest BCUT2D eigenvalue weighted by molar-refractivity contribution is -0.0893. The second-order valence-corrected chi connectivity index (χ2v) is 8.89. The SMILES string of the molecule is Cc1cccc(C2(Nc3ccc4cccnc4c3)CC3(CN(C)C3)C2)c1C. The summed E-state index contributed by atoms with van der Waals surface area (Å²) in [5, 5.41) is 5.14. The van der Waals surface area contributed by atoms with Gasteiger partial charge in [0.25, 0.3) is 0 Å². The van der Waals surface area contributed by atoms with Crippen molar-refractivity contribution in [1.82, 2.24) is 9.88 Å². The molecule has 0 amide bonds. The first-order valence-electron chi connectivity index (χ1n) is 9.87. The summed E-state index contributed by atoms with van der Waals surface area (Å²) in [5.74, 6) is 0. The molecule has 1 saturated heterocycles. The number of benzene rings is 2. The van der Waals surface area contributed by atoms with Crippen LogP contribution in [0, 0.1) is 19.3 Å². The van der Waals surface area contributed by atoms with Crippen LogP contribution in [0.4, 0.5) is 5.69 Å². The molecule has 1 aliphatic heterocycles. The second-order valence-electron chi connectivity index (χ2n) is 8.89. The number of nitrogens with one attached hydrogen (secondary N) is 1. The van der Waals surface area contributed by atoms with Crippen LogP contribution >= 0.6 is 0 Å². The third kappa shape index (κ3) is 2.64. The van der Waals surface area contributed by atoms with Crippen molar-refractivity contribution in [2.45, 2.75) is 32.2 Å². The van der Waals surface area contributed by atoms with Crippen molar-refractivity contribution in [3.05, 3.63) is 71.4 Å². The van der Waals surface area contributed by atoms with Crippen LogP contribution in [0.2, 0.25) is 0 Å². The van der Waals surface area contributed by atoms with Crippen molar-refractivity contribution in [3.8, 4) is 0 Å². The first kappa shape index (κ1) is 16.8. The van der Waals surface area contributed by atoms with Crippen LogP contribution in [-0.4, -0.2) is 30.0 Å². The molecule has 27 heavy (non-hydrogen) atoms. The summed E-state index contributed by atoms with van der Waals surface area (Å²) in [6.07, 6.45) is 4.28. The molecule has 2 aromatic carbocycles. The van der Waals surface area contributed by atoms with Gasteiger partial charge in [-0.3, -0.25) is 4.98 Å². The second kappa shape index (κ2) is 5.80. The molecular formula is C24H27N3. The summed E-state index contributed by atoms with van der Waals surface area (Å²) in [6, 6.07) is 17.4. The maximum absolute atomic E-state index is 4.54. The fraction of sp³-hybridized carbons (Fsp3) is 0.375. The summed E-state index contributed by atoms with van der Waals surface area (Å²) >= 11 is 0. The molecule has 0 atom stereocenters. The fourth-order valence-electron chi connectivity index (χ4n) is 5.59. The van der Waals surface area contributed by atoms with Crippen molar-refractivity contribution >= 4 is 16.6 Å². The van der Waals surface area contributed by atoms with Crippen LogP contribution in [0.1, 0.15) is 29.5 Å². The van der Waals surface area contributed by atoms with Gasteiger partial charge in [-0.05, 0) is 68.6 Å². The van der Waals surface area contributed by atoms with Gasteiger partial charge in [0.15, 0.2) is 0 Å². The quantitative estimate of drug-likeness (QED) is 0.724. The zero-order valence-corrected chi connectivity index (χ0v) is 16.4. The lowest BCUT2D eigenvalue weighted by atomic mass is 9.51. The largest absolute Gasteiger partial charge is 0.375 e. The highest BCUT2D eigenvalue weighted by atomic mass is 15.2. The van der Waals surface area contributed by atoms with Gasteiger partial charge in [-0.1, -0.05) is 30.3 Å². The molecule has 2 aliphatic rings. The van der Waals surface area contributed by atoms with E-state index in [0.717, 1.165) is 5.52 Å². The minimum atomic E-state index is 0.0276. The van der Waals surface area contributed by atoms with E-state index in [-0.39, 0.29) is 5.54 Å². The highest BCUT2D eigenvalue weighted by Gasteiger charge is 2.60. The maximum Gasteiger partial charge on any atom is 0.0722 e. The molecule has 0 bridgehead atoms. The zero-order chi connectivity index (χ0) is 18.6. The summed E-state index contributed by atoms with van der Waals surface area (Å²) in [6.45, 7) is 6.94. The molecule has 3 nitrogen and oxygen atoms in total. The van der Waals surface area contributed by atoms with Crippen molar-refractivity contribution in [2.75, 3.05) is 25.5 Å². The van der Waals surface area contributed by atoms with Crippen molar-refractivity contribution in [2.24, 2.45) is 5.41 Å². The van der Waals surface area contributed by atoms with Gasteiger partial charge in [0.1, 0.15) is 0 Å². The highest BCUT2D eigenvalue weighted by Crippen LogP contribution is 2.60. The van der Waals surface area contributed by atoms with E-state index in [9.17, 15) is 0 Å². The standard InChI is InChI=1S/C24H27N3/c1-17-6-4-8-21(18(17)2)24(13-23(14-24)15-27(3)16-23)26-20-10-9-19-7-5-11-25-22(19)12-20/h4-12,26H,13-16H2,1-3H3. The number of nitrogens with zero attached hydrogens (tertiary/aromatic N) is 2. The molecule has 0 radical (unpaired) electrons. The van der Waals surface area contributed by atoms with E-state index in [1.54, 1.807) is 0 Å². The van der Waals surface area contributed by atoms with E-state index >= 15 is 0 Å². The van der Waals surface area contributed by atoms with E-state index < -0.39 is 0 Å². The fourth-order valence-corrected chi connectivity index (χ4v) is 5.59. The van der Waals surface area contributed by atoms with E-state index in [1.165, 1.54) is 53.7 Å². The van der Waals surface area contributed by atoms with Gasteiger partial charge in [-0.15, -0.1) is 0 Å². The first-order valence-corrected chi connectivity index (χ1v) is 9.87. The van der Waals surface area contributed by atoms with Crippen molar-refractivity contribution in [3.63, 3.8) is 0 Å². The van der Waals surface area contributed by atoms with Gasteiger partial charge in [-0.2, -0.15) is 0 Å². The molecule has 2 heterocycles. The van der Waals surface area contributed by atoms with Crippen molar-refractivity contribution in [1.29, 1.82) is 0 Å². The lowest BCUT2D eigenvalue weighted by Gasteiger charge is -2.64. The van der Waals surface area contributed by atoms with Crippen LogP contribution in [0.25, 0.3) is 10.9 Å². The lowest BCUT2D eigenvalue weighted by Crippen LogP contribution is -2.67. The topological polar surface area (TPSA) is 28.2 Å². The number of hydrogen-bond acceptors (Lipinski definition) is 3. The number of rotatable bonds is 3. The molecule has 0 unspecified atom stereocenters. The van der Waals surface area contributed by atoms with Gasteiger partial charge in [0, 0.05) is 35.8 Å². The van der Waals surface area contributed by atoms with Crippen LogP contribution in [-0.2, 0) is 5.54 Å². The molecule has 5 rings (SSSR count). The third-order valence-corrected chi connectivity index (χ3v) is 6.67. The third-order valence-electron chi connectivity index (χ3n) is 6.67. The van der Waals surface area contributed by atoms with Crippen molar-refractivity contribution < 1.29 is 0 Å². The monoisotopic (exact) mass is 357 g/mol. The summed E-state index contributed by atoms with van der Waals surface area (Å²) in [7, 11) is 2.23. The molecule has 1 aromatic heterocycles. The minimum Gasteiger partial charge on any atom is -0.375 e. The van der Waals surface area contributed by atoms with Crippen LogP contribution in [0.15, 0.2) is 54.7 Å². The Kier molecular flexibility index (Phi) is 3.60. The molecule has 1 spiro atoms. The predicted molar refractivity (Wildman–Crippen MR) is 112 cm³/mol. The average molecular weight is 358 g/mol. The van der Waals surface area contributed by atoms with Gasteiger partial charge in [-0.25, -0.2) is 0 Å². The summed E-state index contributed by atoms with van der Waals surface area (Å²) in [5.41, 5.74) is 7.00. The van der Waals surface area contributed by atoms with Gasteiger partial charge < -0.3 is 10.2 Å². The Balaban J connectivity index is 1.53. The number of fused-ring (bicyclic) bond motifs is 1. The highest BCUT2D eigenvalue weighted by molar-refractivity contribution is 5.82. The first-order chi connectivity index (χ1) is 13.0. The molecular weight excluding hydrogens is 330 g/mol. The normalized spacial score (nSPS) is 20.3. The van der Waals surface area contributed by atoms with E-state index in [2.05, 4.69) is 78.6 Å². The van der Waals surface area contributed by atoms with Gasteiger partial charge in [0.05, 0.1) is 11.1 Å². The van der Waals surface area contributed by atoms with Gasteiger partial charge >= 0.3 is 0 Å². The Morgan fingerprint density at radius 3 is 2.59 bits per heavy atom. The Hall–Kier alpha value is -2.39. The molecule has 138 valence electrons. The number of likely N-dealkylation sites (tertiary alicyclic amines) is 1. The number of anilines is 1. The molecule has 3 heteroatoms. The predicted octanol–water partition coefficient (Wildman–Crippen LogP) is 4.88. The Morgan fingerprint density at radius 2 is 1.81 bits per heavy atom. The molecule has 1 aliphatic carbocycles. The van der Waals surface area contributed by atoms with Gasteiger partial charge in [0.2, 0.25) is 0 Å². The van der Waals surface area contributed by atoms with E-state index in [1.807, 2.05) is 12.3 Å². The van der Waals surface area contributed by atoms with Crippen LogP contribution in [0.5, 0.6) is 0 Å². The average Bonchev–Trinajstić information content (AvgIpc) is 2.61. The summed E-state index contributed by atoms with van der Waals surface area (Å²) < 4.78 is 0. The summed E-state index contributed by atoms with van der Waals surface area (Å²) in [4.78, 5) is 6.98. The Bertz CT molecular complexity index is 1010. The van der Waals surface area contributed by atoms with Crippen LogP contribution < -0.4 is 5.32 Å². The zero-order valence-electron chi connectivity index (χ0n) is 16.4. The number of hydrogen-bond donors (Lipinski definition) is 1. The van der Waals surface area contributed by atoms with E-state index in [0.29, 0.717) is 5.41 Å². The number of pyridine rings is 1. The maximum atomic E-state index is 4.54. The van der Waals surface area contributed by atoms with Crippen LogP contribution in [0.3, 0.4) is 0 Å². The molecule has 3 aromatic rings. The molecule has 2 fully saturated rings. The molecule has 1 saturated carbocycles.